The molecule has 2 aromatic heterocycles. The van der Waals surface area contributed by atoms with Crippen LogP contribution in [0.25, 0.3) is 0 Å². The summed E-state index contributed by atoms with van der Waals surface area (Å²) in [5, 5.41) is 5.42. The van der Waals surface area contributed by atoms with E-state index in [2.05, 4.69) is 39.2 Å². The van der Waals surface area contributed by atoms with Crippen molar-refractivity contribution in [1.29, 1.82) is 0 Å². The first-order valence-corrected chi connectivity index (χ1v) is 7.94. The third-order valence-corrected chi connectivity index (χ3v) is 4.50. The van der Waals surface area contributed by atoms with Crippen LogP contribution in [0.2, 0.25) is 0 Å². The Balaban J connectivity index is 2.18. The van der Waals surface area contributed by atoms with Crippen LogP contribution in [-0.2, 0) is 6.42 Å². The molecule has 2 nitrogen and oxygen atoms in total. The van der Waals surface area contributed by atoms with Gasteiger partial charge in [-0.15, -0.1) is 11.3 Å². The van der Waals surface area contributed by atoms with Crippen molar-refractivity contribution in [2.45, 2.75) is 25.8 Å². The van der Waals surface area contributed by atoms with E-state index in [-0.39, 0.29) is 11.9 Å². The van der Waals surface area contributed by atoms with Crippen LogP contribution in [0.1, 0.15) is 30.0 Å². The zero-order valence-corrected chi connectivity index (χ0v) is 13.1. The number of hydrogen-bond acceptors (Lipinski definition) is 3. The first-order valence-electron chi connectivity index (χ1n) is 6.27. The van der Waals surface area contributed by atoms with Gasteiger partial charge in [-0.2, -0.15) is 0 Å². The predicted octanol–water partition coefficient (Wildman–Crippen LogP) is 4.33. The van der Waals surface area contributed by atoms with E-state index in [0.717, 1.165) is 23.9 Å². The summed E-state index contributed by atoms with van der Waals surface area (Å²) in [6.07, 6.45) is 3.41. The second kappa shape index (κ2) is 7.12. The molecule has 5 heteroatoms. The highest BCUT2D eigenvalue weighted by Gasteiger charge is 2.17. The minimum absolute atomic E-state index is 0.0771. The predicted molar refractivity (Wildman–Crippen MR) is 81.0 cm³/mol. The van der Waals surface area contributed by atoms with Gasteiger partial charge in [-0.3, -0.25) is 4.98 Å². The topological polar surface area (TPSA) is 24.9 Å². The molecule has 0 aromatic carbocycles. The number of aromatic nitrogens is 1. The maximum absolute atomic E-state index is 13.9. The Morgan fingerprint density at radius 2 is 2.37 bits per heavy atom. The molecule has 19 heavy (non-hydrogen) atoms. The summed E-state index contributed by atoms with van der Waals surface area (Å²) < 4.78 is 14.9. The number of pyridine rings is 1. The fourth-order valence-electron chi connectivity index (χ4n) is 1.90. The quantitative estimate of drug-likeness (QED) is 0.845. The maximum Gasteiger partial charge on any atom is 0.146 e. The standard InChI is InChI=1S/C14H16BrFN2S/c1-2-5-17-13(8-11-7-10(15)9-19-11)14-12(16)4-3-6-18-14/h3-4,6-7,9,13,17H,2,5,8H2,1H3. The molecule has 0 bridgehead atoms. The lowest BCUT2D eigenvalue weighted by atomic mass is 10.1. The summed E-state index contributed by atoms with van der Waals surface area (Å²) in [6.45, 7) is 2.95. The number of nitrogens with one attached hydrogen (secondary N) is 1. The summed E-state index contributed by atoms with van der Waals surface area (Å²) in [5.74, 6) is -0.244. The Morgan fingerprint density at radius 3 is 3.00 bits per heavy atom. The summed E-state index contributed by atoms with van der Waals surface area (Å²) in [7, 11) is 0. The summed E-state index contributed by atoms with van der Waals surface area (Å²) in [4.78, 5) is 5.40. The lowest BCUT2D eigenvalue weighted by molar-refractivity contribution is 0.485. The Bertz CT molecular complexity index is 530. The molecule has 1 atom stereocenters. The second-order valence-corrected chi connectivity index (χ2v) is 6.22. The SMILES string of the molecule is CCCNC(Cc1cc(Br)cs1)c1ncccc1F. The first kappa shape index (κ1) is 14.6. The minimum Gasteiger partial charge on any atom is -0.308 e. The third-order valence-electron chi connectivity index (χ3n) is 2.78. The zero-order valence-electron chi connectivity index (χ0n) is 10.7. The molecule has 102 valence electrons. The van der Waals surface area contributed by atoms with E-state index in [0.29, 0.717) is 5.69 Å². The van der Waals surface area contributed by atoms with Gasteiger partial charge in [0.05, 0.1) is 11.7 Å². The van der Waals surface area contributed by atoms with Crippen molar-refractivity contribution in [2.24, 2.45) is 0 Å². The molecule has 0 radical (unpaired) electrons. The largest absolute Gasteiger partial charge is 0.308 e. The van der Waals surface area contributed by atoms with Crippen LogP contribution in [0.15, 0.2) is 34.2 Å². The smallest absolute Gasteiger partial charge is 0.146 e. The lowest BCUT2D eigenvalue weighted by Crippen LogP contribution is -2.25. The number of rotatable bonds is 6. The van der Waals surface area contributed by atoms with Crippen molar-refractivity contribution < 1.29 is 4.39 Å². The molecular formula is C14H16BrFN2S. The van der Waals surface area contributed by atoms with E-state index >= 15 is 0 Å². The highest BCUT2D eigenvalue weighted by molar-refractivity contribution is 9.10. The summed E-state index contributed by atoms with van der Waals surface area (Å²) >= 11 is 5.12. The van der Waals surface area contributed by atoms with Crippen LogP contribution in [0.4, 0.5) is 4.39 Å². The minimum atomic E-state index is -0.244. The van der Waals surface area contributed by atoms with E-state index in [1.54, 1.807) is 23.6 Å². The highest BCUT2D eigenvalue weighted by atomic mass is 79.9. The molecule has 0 saturated carbocycles. The van der Waals surface area contributed by atoms with Gasteiger partial charge in [-0.1, -0.05) is 6.92 Å². The zero-order chi connectivity index (χ0) is 13.7. The van der Waals surface area contributed by atoms with Gasteiger partial charge in [0, 0.05) is 27.3 Å². The molecule has 0 aliphatic rings. The van der Waals surface area contributed by atoms with E-state index in [1.165, 1.54) is 10.9 Å². The van der Waals surface area contributed by atoms with Crippen molar-refractivity contribution in [3.63, 3.8) is 0 Å². The maximum atomic E-state index is 13.9. The molecule has 1 unspecified atom stereocenters. The van der Waals surface area contributed by atoms with Crippen molar-refractivity contribution in [1.82, 2.24) is 10.3 Å². The summed E-state index contributed by atoms with van der Waals surface area (Å²) in [6, 6.07) is 5.09. The van der Waals surface area contributed by atoms with Crippen molar-refractivity contribution in [2.75, 3.05) is 6.54 Å². The third kappa shape index (κ3) is 4.09. The molecule has 0 saturated heterocycles. The van der Waals surface area contributed by atoms with Gasteiger partial charge >= 0.3 is 0 Å². The van der Waals surface area contributed by atoms with Gasteiger partial charge in [-0.25, -0.2) is 4.39 Å². The highest BCUT2D eigenvalue weighted by Crippen LogP contribution is 2.25. The Hall–Kier alpha value is -0.780. The van der Waals surface area contributed by atoms with E-state index in [4.69, 9.17) is 0 Å². The number of hydrogen-bond donors (Lipinski definition) is 1. The molecular weight excluding hydrogens is 327 g/mol. The Morgan fingerprint density at radius 1 is 1.53 bits per heavy atom. The van der Waals surface area contributed by atoms with Gasteiger partial charge in [-0.05, 0) is 47.1 Å². The van der Waals surface area contributed by atoms with Gasteiger partial charge in [0.2, 0.25) is 0 Å². The van der Waals surface area contributed by atoms with Crippen LogP contribution in [-0.4, -0.2) is 11.5 Å². The number of halogens is 2. The van der Waals surface area contributed by atoms with Crippen molar-refractivity contribution >= 4 is 27.3 Å². The van der Waals surface area contributed by atoms with Gasteiger partial charge in [0.15, 0.2) is 0 Å². The second-order valence-electron chi connectivity index (χ2n) is 4.31. The molecule has 1 N–H and O–H groups in total. The van der Waals surface area contributed by atoms with Crippen molar-refractivity contribution in [3.8, 4) is 0 Å². The van der Waals surface area contributed by atoms with Crippen LogP contribution in [0, 0.1) is 5.82 Å². The van der Waals surface area contributed by atoms with E-state index in [1.807, 2.05) is 5.38 Å². The fourth-order valence-corrected chi connectivity index (χ4v) is 3.40. The van der Waals surface area contributed by atoms with E-state index < -0.39 is 0 Å². The van der Waals surface area contributed by atoms with Crippen molar-refractivity contribution in [3.05, 3.63) is 50.6 Å². The summed E-state index contributed by atoms with van der Waals surface area (Å²) in [5.41, 5.74) is 0.500. The molecule has 0 fully saturated rings. The lowest BCUT2D eigenvalue weighted by Gasteiger charge is -2.17. The van der Waals surface area contributed by atoms with Gasteiger partial charge in [0.25, 0.3) is 0 Å². The molecule has 2 heterocycles. The van der Waals surface area contributed by atoms with E-state index in [9.17, 15) is 4.39 Å². The number of nitrogens with zero attached hydrogens (tertiary/aromatic N) is 1. The normalized spacial score (nSPS) is 12.6. The molecule has 0 spiro atoms. The fraction of sp³-hybridized carbons (Fsp3) is 0.357. The average molecular weight is 343 g/mol. The van der Waals surface area contributed by atoms with Gasteiger partial charge < -0.3 is 5.32 Å². The van der Waals surface area contributed by atoms with Crippen LogP contribution < -0.4 is 5.32 Å². The Kier molecular flexibility index (Phi) is 5.48. The van der Waals surface area contributed by atoms with Gasteiger partial charge in [0.1, 0.15) is 5.82 Å². The molecule has 0 aliphatic carbocycles. The first-order chi connectivity index (χ1) is 9.20. The molecule has 2 rings (SSSR count). The van der Waals surface area contributed by atoms with Crippen LogP contribution in [0.5, 0.6) is 0 Å². The molecule has 0 aliphatic heterocycles. The number of thiophene rings is 1. The molecule has 0 amide bonds. The van der Waals surface area contributed by atoms with Crippen LogP contribution in [0.3, 0.4) is 0 Å². The monoisotopic (exact) mass is 342 g/mol. The molecule has 2 aromatic rings. The van der Waals surface area contributed by atoms with Crippen LogP contribution >= 0.6 is 27.3 Å². The Labute approximate surface area is 125 Å². The average Bonchev–Trinajstić information content (AvgIpc) is 2.81.